The standard InChI is InChI=1S/C19H22N2O/c1-20(2)14-6-8-18-16(12-14)17-13-15(7-9-19(17)22-18)21-10-4-3-5-11-21/h3-5,7,9-10,13-14H,6,8,11-12H2,1-2H3. The van der Waals surface area contributed by atoms with Crippen molar-refractivity contribution in [2.75, 3.05) is 25.5 Å². The summed E-state index contributed by atoms with van der Waals surface area (Å²) in [7, 11) is 4.35. The van der Waals surface area contributed by atoms with Gasteiger partial charge in [-0.3, -0.25) is 0 Å². The molecule has 0 fully saturated rings. The van der Waals surface area contributed by atoms with Gasteiger partial charge in [0.25, 0.3) is 0 Å². The summed E-state index contributed by atoms with van der Waals surface area (Å²) in [5.74, 6) is 1.19. The van der Waals surface area contributed by atoms with Gasteiger partial charge in [0.05, 0.1) is 0 Å². The van der Waals surface area contributed by atoms with Crippen molar-refractivity contribution >= 4 is 16.7 Å². The Balaban J connectivity index is 1.74. The van der Waals surface area contributed by atoms with Gasteiger partial charge in [0.1, 0.15) is 11.3 Å². The van der Waals surface area contributed by atoms with Crippen LogP contribution in [-0.4, -0.2) is 31.6 Å². The molecule has 1 aromatic carbocycles. The van der Waals surface area contributed by atoms with Crippen LogP contribution >= 0.6 is 0 Å². The smallest absolute Gasteiger partial charge is 0.134 e. The molecule has 0 spiro atoms. The topological polar surface area (TPSA) is 19.6 Å². The zero-order valence-electron chi connectivity index (χ0n) is 13.2. The van der Waals surface area contributed by atoms with E-state index in [2.05, 4.69) is 66.5 Å². The third kappa shape index (κ3) is 2.26. The third-order valence-corrected chi connectivity index (χ3v) is 4.88. The average molecular weight is 294 g/mol. The van der Waals surface area contributed by atoms with Gasteiger partial charge in [-0.05, 0) is 51.2 Å². The van der Waals surface area contributed by atoms with Crippen LogP contribution in [0.15, 0.2) is 47.0 Å². The monoisotopic (exact) mass is 294 g/mol. The van der Waals surface area contributed by atoms with E-state index in [1.165, 1.54) is 28.8 Å². The first kappa shape index (κ1) is 13.6. The van der Waals surface area contributed by atoms with Crippen molar-refractivity contribution in [2.45, 2.75) is 25.3 Å². The molecule has 1 aromatic heterocycles. The highest BCUT2D eigenvalue weighted by Gasteiger charge is 2.25. The van der Waals surface area contributed by atoms with E-state index < -0.39 is 0 Å². The van der Waals surface area contributed by atoms with Gasteiger partial charge in [0, 0.05) is 41.8 Å². The van der Waals surface area contributed by atoms with Gasteiger partial charge in [0.2, 0.25) is 0 Å². The Morgan fingerprint density at radius 2 is 2.14 bits per heavy atom. The fourth-order valence-corrected chi connectivity index (χ4v) is 3.53. The highest BCUT2D eigenvalue weighted by molar-refractivity contribution is 5.86. The number of anilines is 1. The molecule has 0 amide bonds. The minimum atomic E-state index is 0.620. The van der Waals surface area contributed by atoms with Gasteiger partial charge >= 0.3 is 0 Å². The molecule has 2 heterocycles. The molecule has 4 rings (SSSR count). The molecule has 114 valence electrons. The molecule has 0 bridgehead atoms. The van der Waals surface area contributed by atoms with E-state index in [0.29, 0.717) is 6.04 Å². The van der Waals surface area contributed by atoms with E-state index in [0.717, 1.165) is 25.0 Å². The number of rotatable bonds is 2. The molecule has 0 saturated heterocycles. The van der Waals surface area contributed by atoms with Gasteiger partial charge in [-0.15, -0.1) is 0 Å². The first-order valence-electron chi connectivity index (χ1n) is 8.03. The molecule has 2 aromatic rings. The van der Waals surface area contributed by atoms with E-state index in [1.54, 1.807) is 0 Å². The predicted molar refractivity (Wildman–Crippen MR) is 91.3 cm³/mol. The molecule has 2 aliphatic rings. The summed E-state index contributed by atoms with van der Waals surface area (Å²) in [6.45, 7) is 0.933. The van der Waals surface area contributed by atoms with Crippen LogP contribution in [0.1, 0.15) is 17.7 Å². The van der Waals surface area contributed by atoms with Gasteiger partial charge in [-0.2, -0.15) is 0 Å². The molecule has 22 heavy (non-hydrogen) atoms. The molecule has 0 saturated carbocycles. The van der Waals surface area contributed by atoms with Crippen LogP contribution in [0.4, 0.5) is 5.69 Å². The van der Waals surface area contributed by atoms with Crippen LogP contribution in [-0.2, 0) is 12.8 Å². The van der Waals surface area contributed by atoms with E-state index in [4.69, 9.17) is 4.42 Å². The summed E-state index contributed by atoms with van der Waals surface area (Å²) in [5, 5.41) is 1.29. The van der Waals surface area contributed by atoms with E-state index >= 15 is 0 Å². The number of aryl methyl sites for hydroxylation is 1. The second-order valence-electron chi connectivity index (χ2n) is 6.47. The predicted octanol–water partition coefficient (Wildman–Crippen LogP) is 3.74. The number of fused-ring (bicyclic) bond motifs is 3. The van der Waals surface area contributed by atoms with Gasteiger partial charge in [0.15, 0.2) is 0 Å². The van der Waals surface area contributed by atoms with Crippen molar-refractivity contribution in [3.8, 4) is 0 Å². The molecule has 1 atom stereocenters. The second kappa shape index (κ2) is 5.33. The number of hydrogen-bond donors (Lipinski definition) is 0. The fraction of sp³-hybridized carbons (Fsp3) is 0.368. The first-order chi connectivity index (χ1) is 10.7. The summed E-state index contributed by atoms with van der Waals surface area (Å²) in [5.41, 5.74) is 3.69. The van der Waals surface area contributed by atoms with Gasteiger partial charge in [-0.25, -0.2) is 0 Å². The zero-order valence-corrected chi connectivity index (χ0v) is 13.2. The number of nitrogens with zero attached hydrogens (tertiary/aromatic N) is 2. The largest absolute Gasteiger partial charge is 0.461 e. The maximum absolute atomic E-state index is 6.09. The Morgan fingerprint density at radius 3 is 2.91 bits per heavy atom. The summed E-state index contributed by atoms with van der Waals surface area (Å²) >= 11 is 0. The minimum Gasteiger partial charge on any atom is -0.461 e. The molecule has 1 unspecified atom stereocenters. The molecule has 3 heteroatoms. The van der Waals surface area contributed by atoms with E-state index in [9.17, 15) is 0 Å². The normalized spacial score (nSPS) is 20.9. The second-order valence-corrected chi connectivity index (χ2v) is 6.47. The van der Waals surface area contributed by atoms with Crippen LogP contribution < -0.4 is 4.90 Å². The minimum absolute atomic E-state index is 0.620. The zero-order chi connectivity index (χ0) is 15.1. The van der Waals surface area contributed by atoms with Crippen LogP contribution in [0.25, 0.3) is 11.0 Å². The maximum atomic E-state index is 6.09. The molecule has 1 aliphatic heterocycles. The molecular weight excluding hydrogens is 272 g/mol. The Bertz CT molecular complexity index is 754. The van der Waals surface area contributed by atoms with Crippen LogP contribution in [0.2, 0.25) is 0 Å². The maximum Gasteiger partial charge on any atom is 0.134 e. The quantitative estimate of drug-likeness (QED) is 0.841. The molecular formula is C19H22N2O. The Labute approximate surface area is 131 Å². The van der Waals surface area contributed by atoms with Crippen LogP contribution in [0, 0.1) is 0 Å². The van der Waals surface area contributed by atoms with E-state index in [-0.39, 0.29) is 0 Å². The molecule has 0 N–H and O–H groups in total. The van der Waals surface area contributed by atoms with Crippen LogP contribution in [0.3, 0.4) is 0 Å². The molecule has 3 nitrogen and oxygen atoms in total. The van der Waals surface area contributed by atoms with Crippen molar-refractivity contribution in [1.82, 2.24) is 4.90 Å². The highest BCUT2D eigenvalue weighted by Crippen LogP contribution is 2.35. The lowest BCUT2D eigenvalue weighted by molar-refractivity contribution is 0.261. The SMILES string of the molecule is CN(C)C1CCc2oc3ccc(N4C=CC=CC4)cc3c2C1. The van der Waals surface area contributed by atoms with Crippen molar-refractivity contribution in [3.63, 3.8) is 0 Å². The fourth-order valence-electron chi connectivity index (χ4n) is 3.53. The van der Waals surface area contributed by atoms with Gasteiger partial charge in [-0.1, -0.05) is 12.2 Å². The number of hydrogen-bond acceptors (Lipinski definition) is 3. The molecule has 1 aliphatic carbocycles. The summed E-state index contributed by atoms with van der Waals surface area (Å²) in [6, 6.07) is 7.19. The Kier molecular flexibility index (Phi) is 3.30. The molecule has 0 radical (unpaired) electrons. The highest BCUT2D eigenvalue weighted by atomic mass is 16.3. The van der Waals surface area contributed by atoms with Gasteiger partial charge < -0.3 is 14.2 Å². The van der Waals surface area contributed by atoms with Crippen LogP contribution in [0.5, 0.6) is 0 Å². The average Bonchev–Trinajstić information content (AvgIpc) is 2.92. The lowest BCUT2D eigenvalue weighted by Gasteiger charge is -2.27. The summed E-state index contributed by atoms with van der Waals surface area (Å²) in [4.78, 5) is 4.61. The number of benzene rings is 1. The Morgan fingerprint density at radius 1 is 1.23 bits per heavy atom. The number of allylic oxidation sites excluding steroid dienone is 2. The first-order valence-corrected chi connectivity index (χ1v) is 8.03. The lowest BCUT2D eigenvalue weighted by Crippen LogP contribution is -2.33. The van der Waals surface area contributed by atoms with Crippen molar-refractivity contribution < 1.29 is 4.42 Å². The van der Waals surface area contributed by atoms with Crippen molar-refractivity contribution in [3.05, 3.63) is 54.0 Å². The lowest BCUT2D eigenvalue weighted by atomic mass is 9.91. The van der Waals surface area contributed by atoms with Crippen molar-refractivity contribution in [1.29, 1.82) is 0 Å². The van der Waals surface area contributed by atoms with E-state index in [1.807, 2.05) is 0 Å². The third-order valence-electron chi connectivity index (χ3n) is 4.88. The summed E-state index contributed by atoms with van der Waals surface area (Å²) in [6.07, 6.45) is 11.8. The Hall–Kier alpha value is -2.00. The summed E-state index contributed by atoms with van der Waals surface area (Å²) < 4.78 is 6.09. The number of likely N-dealkylation sites (N-methyl/N-ethyl adjacent to an activating group) is 1. The van der Waals surface area contributed by atoms with Crippen molar-refractivity contribution in [2.24, 2.45) is 0 Å². The number of furan rings is 1.